The van der Waals surface area contributed by atoms with Crippen molar-refractivity contribution >= 4 is 17.3 Å². The fourth-order valence-electron chi connectivity index (χ4n) is 1.44. The average molecular weight is 185 g/mol. The molecule has 4 heteroatoms. The quantitative estimate of drug-likeness (QED) is 0.719. The highest BCUT2D eigenvalue weighted by Gasteiger charge is 2.07. The number of imidazole rings is 1. The van der Waals surface area contributed by atoms with Crippen LogP contribution in [-0.4, -0.2) is 16.3 Å². The van der Waals surface area contributed by atoms with E-state index in [0.29, 0.717) is 11.1 Å². The lowest BCUT2D eigenvalue weighted by molar-refractivity contribution is 0.112. The average Bonchev–Trinajstić information content (AvgIpc) is 2.66. The van der Waals surface area contributed by atoms with Crippen LogP contribution in [0.5, 0.6) is 0 Å². The zero-order chi connectivity index (χ0) is 9.97. The summed E-state index contributed by atoms with van der Waals surface area (Å²) < 4.78 is 0. The van der Waals surface area contributed by atoms with Crippen LogP contribution < -0.4 is 0 Å². The lowest BCUT2D eigenvalue weighted by atomic mass is 10.0. The molecule has 1 heterocycles. The highest BCUT2D eigenvalue weighted by molar-refractivity contribution is 5.95. The molecule has 0 aliphatic rings. The van der Waals surface area contributed by atoms with Crippen molar-refractivity contribution in [3.63, 3.8) is 0 Å². The molecule has 0 aliphatic carbocycles. The second-order valence-electron chi connectivity index (χ2n) is 2.89. The van der Waals surface area contributed by atoms with E-state index in [4.69, 9.17) is 5.26 Å². The molecule has 1 aromatic heterocycles. The number of aromatic nitrogens is 2. The first-order valence-corrected chi connectivity index (χ1v) is 4.14. The number of carbonyl (C=O) groups is 1. The van der Waals surface area contributed by atoms with Crippen LogP contribution in [0.2, 0.25) is 0 Å². The van der Waals surface area contributed by atoms with Crippen molar-refractivity contribution in [2.24, 2.45) is 0 Å². The first-order valence-electron chi connectivity index (χ1n) is 4.14. The molecule has 1 N–H and O–H groups in total. The number of benzene rings is 1. The Balaban J connectivity index is 2.73. The second-order valence-corrected chi connectivity index (χ2v) is 2.89. The third-order valence-corrected chi connectivity index (χ3v) is 2.11. The minimum atomic E-state index is 0.233. The lowest BCUT2D eigenvalue weighted by Gasteiger charge is -1.99. The van der Waals surface area contributed by atoms with E-state index in [1.54, 1.807) is 6.07 Å². The maximum atomic E-state index is 10.9. The molecule has 2 aromatic rings. The molecule has 68 valence electrons. The monoisotopic (exact) mass is 185 g/mol. The molecule has 0 aliphatic heterocycles. The van der Waals surface area contributed by atoms with Gasteiger partial charge >= 0.3 is 0 Å². The van der Waals surface area contributed by atoms with E-state index >= 15 is 0 Å². The maximum Gasteiger partial charge on any atom is 0.152 e. The molecular formula is C10H7N3O. The minimum Gasteiger partial charge on any atom is -0.345 e. The largest absolute Gasteiger partial charge is 0.345 e. The zero-order valence-corrected chi connectivity index (χ0v) is 7.32. The minimum absolute atomic E-state index is 0.233. The van der Waals surface area contributed by atoms with E-state index in [1.807, 2.05) is 12.1 Å². The van der Waals surface area contributed by atoms with Gasteiger partial charge in [-0.2, -0.15) is 5.26 Å². The molecule has 0 atom stereocenters. The molecule has 0 fully saturated rings. The number of carbonyl (C=O) groups excluding carboxylic acids is 1. The molecular weight excluding hydrogens is 178 g/mol. The maximum absolute atomic E-state index is 10.9. The van der Waals surface area contributed by atoms with Crippen LogP contribution in [-0.2, 0) is 6.42 Å². The van der Waals surface area contributed by atoms with Gasteiger partial charge in [-0.25, -0.2) is 4.98 Å². The van der Waals surface area contributed by atoms with Gasteiger partial charge in [0.2, 0.25) is 0 Å². The van der Waals surface area contributed by atoms with Gasteiger partial charge in [-0.15, -0.1) is 0 Å². The van der Waals surface area contributed by atoms with Crippen LogP contribution in [0.4, 0.5) is 0 Å². The first-order chi connectivity index (χ1) is 6.86. The third-order valence-electron chi connectivity index (χ3n) is 2.11. The van der Waals surface area contributed by atoms with Gasteiger partial charge < -0.3 is 4.98 Å². The summed E-state index contributed by atoms with van der Waals surface area (Å²) in [7, 11) is 0. The van der Waals surface area contributed by atoms with Crippen molar-refractivity contribution < 1.29 is 4.79 Å². The van der Waals surface area contributed by atoms with Gasteiger partial charge in [0.05, 0.1) is 29.9 Å². The molecule has 0 spiro atoms. The van der Waals surface area contributed by atoms with E-state index in [2.05, 4.69) is 9.97 Å². The lowest BCUT2D eigenvalue weighted by Crippen LogP contribution is -1.92. The predicted molar refractivity (Wildman–Crippen MR) is 50.8 cm³/mol. The normalized spacial score (nSPS) is 9.93. The van der Waals surface area contributed by atoms with E-state index in [0.717, 1.165) is 17.4 Å². The summed E-state index contributed by atoms with van der Waals surface area (Å²) in [5.74, 6) is 0. The van der Waals surface area contributed by atoms with Gasteiger partial charge in [0, 0.05) is 5.56 Å². The standard InChI is InChI=1S/C10H7N3O/c11-4-3-7-1-2-9-10(8(7)5-14)13-6-12-9/h1-2,5-6H,3H2,(H,12,13). The van der Waals surface area contributed by atoms with Gasteiger partial charge in [-0.05, 0) is 11.6 Å². The van der Waals surface area contributed by atoms with Crippen molar-refractivity contribution in [1.82, 2.24) is 9.97 Å². The number of aldehydes is 1. The topological polar surface area (TPSA) is 69.5 Å². The number of nitrogens with one attached hydrogen (secondary N) is 1. The van der Waals surface area contributed by atoms with Crippen LogP contribution in [0.1, 0.15) is 15.9 Å². The Morgan fingerprint density at radius 3 is 3.14 bits per heavy atom. The van der Waals surface area contributed by atoms with E-state index in [1.165, 1.54) is 6.33 Å². The molecule has 0 saturated carbocycles. The van der Waals surface area contributed by atoms with Gasteiger partial charge in [0.15, 0.2) is 6.29 Å². The van der Waals surface area contributed by atoms with Gasteiger partial charge in [0.1, 0.15) is 0 Å². The van der Waals surface area contributed by atoms with Crippen LogP contribution in [0.15, 0.2) is 18.5 Å². The van der Waals surface area contributed by atoms with Gasteiger partial charge in [-0.3, -0.25) is 4.79 Å². The summed E-state index contributed by atoms with van der Waals surface area (Å²) in [6.45, 7) is 0. The number of hydrogen-bond acceptors (Lipinski definition) is 3. The van der Waals surface area contributed by atoms with Crippen LogP contribution in [0.25, 0.3) is 11.0 Å². The number of hydrogen-bond donors (Lipinski definition) is 1. The number of rotatable bonds is 2. The number of nitrogens with zero attached hydrogens (tertiary/aromatic N) is 2. The Bertz CT molecular complexity index is 522. The first kappa shape index (κ1) is 8.45. The molecule has 0 amide bonds. The van der Waals surface area contributed by atoms with E-state index in [9.17, 15) is 4.79 Å². The Labute approximate surface area is 80.2 Å². The Morgan fingerprint density at radius 1 is 1.57 bits per heavy atom. The predicted octanol–water partition coefficient (Wildman–Crippen LogP) is 1.44. The van der Waals surface area contributed by atoms with Crippen LogP contribution >= 0.6 is 0 Å². The fourth-order valence-corrected chi connectivity index (χ4v) is 1.44. The highest BCUT2D eigenvalue weighted by Crippen LogP contribution is 2.17. The van der Waals surface area contributed by atoms with Crippen molar-refractivity contribution in [2.45, 2.75) is 6.42 Å². The molecule has 0 unspecified atom stereocenters. The van der Waals surface area contributed by atoms with Gasteiger partial charge in [0.25, 0.3) is 0 Å². The van der Waals surface area contributed by atoms with Crippen molar-refractivity contribution in [1.29, 1.82) is 5.26 Å². The summed E-state index contributed by atoms with van der Waals surface area (Å²) in [4.78, 5) is 17.8. The Morgan fingerprint density at radius 2 is 2.43 bits per heavy atom. The van der Waals surface area contributed by atoms with Crippen LogP contribution in [0.3, 0.4) is 0 Å². The van der Waals surface area contributed by atoms with E-state index < -0.39 is 0 Å². The molecule has 4 nitrogen and oxygen atoms in total. The second kappa shape index (κ2) is 3.30. The fraction of sp³-hybridized carbons (Fsp3) is 0.100. The number of H-pyrrole nitrogens is 1. The molecule has 1 aromatic carbocycles. The SMILES string of the molecule is N#CCc1ccc2[nH]cnc2c1C=O. The van der Waals surface area contributed by atoms with Crippen molar-refractivity contribution in [3.05, 3.63) is 29.6 Å². The summed E-state index contributed by atoms with van der Waals surface area (Å²) in [5.41, 5.74) is 2.67. The molecule has 0 bridgehead atoms. The Hall–Kier alpha value is -2.15. The summed E-state index contributed by atoms with van der Waals surface area (Å²) in [6.07, 6.45) is 2.51. The number of aromatic amines is 1. The summed E-state index contributed by atoms with van der Waals surface area (Å²) in [6, 6.07) is 5.61. The highest BCUT2D eigenvalue weighted by atomic mass is 16.1. The van der Waals surface area contributed by atoms with E-state index in [-0.39, 0.29) is 6.42 Å². The summed E-state index contributed by atoms with van der Waals surface area (Å²) in [5, 5.41) is 8.57. The number of fused-ring (bicyclic) bond motifs is 1. The third kappa shape index (κ3) is 1.15. The molecule has 0 radical (unpaired) electrons. The zero-order valence-electron chi connectivity index (χ0n) is 7.32. The molecule has 14 heavy (non-hydrogen) atoms. The molecule has 2 rings (SSSR count). The van der Waals surface area contributed by atoms with Crippen molar-refractivity contribution in [3.8, 4) is 6.07 Å². The molecule has 0 saturated heterocycles. The van der Waals surface area contributed by atoms with Crippen molar-refractivity contribution in [2.75, 3.05) is 0 Å². The smallest absolute Gasteiger partial charge is 0.152 e. The summed E-state index contributed by atoms with van der Waals surface area (Å²) >= 11 is 0. The van der Waals surface area contributed by atoms with Crippen LogP contribution in [0, 0.1) is 11.3 Å². The Kier molecular flexibility index (Phi) is 1.99. The van der Waals surface area contributed by atoms with Gasteiger partial charge in [-0.1, -0.05) is 6.07 Å². The number of nitriles is 1.